The summed E-state index contributed by atoms with van der Waals surface area (Å²) in [6.07, 6.45) is 2.36. The Bertz CT molecular complexity index is 338. The zero-order valence-electron chi connectivity index (χ0n) is 8.06. The first kappa shape index (κ1) is 10.5. The normalized spacial score (nSPS) is 20.6. The van der Waals surface area contributed by atoms with Crippen molar-refractivity contribution in [2.75, 3.05) is 0 Å². The molecule has 2 N–H and O–H groups in total. The summed E-state index contributed by atoms with van der Waals surface area (Å²) >= 11 is 9.47. The van der Waals surface area contributed by atoms with Gasteiger partial charge in [-0.15, -0.1) is 0 Å². The third-order valence-corrected chi connectivity index (χ3v) is 3.77. The van der Waals surface area contributed by atoms with Gasteiger partial charge in [-0.3, -0.25) is 0 Å². The van der Waals surface area contributed by atoms with Crippen molar-refractivity contribution >= 4 is 27.5 Å². The average Bonchev–Trinajstić information content (AvgIpc) is 2.81. The number of nitrogens with two attached hydrogens (primary N) is 1. The highest BCUT2D eigenvalue weighted by Crippen LogP contribution is 2.51. The van der Waals surface area contributed by atoms with Crippen LogP contribution in [0.4, 0.5) is 0 Å². The van der Waals surface area contributed by atoms with E-state index in [1.165, 1.54) is 18.4 Å². The summed E-state index contributed by atoms with van der Waals surface area (Å²) in [5.41, 5.74) is 7.46. The average molecular weight is 275 g/mol. The van der Waals surface area contributed by atoms with Crippen molar-refractivity contribution in [3.63, 3.8) is 0 Å². The molecule has 3 heteroatoms. The van der Waals surface area contributed by atoms with Crippen molar-refractivity contribution in [1.29, 1.82) is 0 Å². The minimum absolute atomic E-state index is 0.188. The van der Waals surface area contributed by atoms with Gasteiger partial charge >= 0.3 is 0 Å². The molecule has 0 heterocycles. The number of rotatable bonds is 2. The van der Waals surface area contributed by atoms with Crippen LogP contribution in [0.3, 0.4) is 0 Å². The lowest BCUT2D eigenvalue weighted by atomic mass is 9.90. The van der Waals surface area contributed by atoms with Crippen LogP contribution in [0.2, 0.25) is 5.02 Å². The molecule has 1 aliphatic carbocycles. The SMILES string of the molecule is CC(N)C1(c2cc(Cl)cc(Br)c2)CC1. The van der Waals surface area contributed by atoms with Crippen LogP contribution in [-0.4, -0.2) is 6.04 Å². The van der Waals surface area contributed by atoms with Crippen LogP contribution in [0.15, 0.2) is 22.7 Å². The van der Waals surface area contributed by atoms with Crippen LogP contribution >= 0.6 is 27.5 Å². The third kappa shape index (κ3) is 1.71. The molecule has 14 heavy (non-hydrogen) atoms. The summed E-state index contributed by atoms with van der Waals surface area (Å²) in [5.74, 6) is 0. The number of hydrogen-bond donors (Lipinski definition) is 1. The van der Waals surface area contributed by atoms with Crippen LogP contribution in [0.25, 0.3) is 0 Å². The number of benzene rings is 1. The van der Waals surface area contributed by atoms with E-state index in [1.54, 1.807) is 0 Å². The van der Waals surface area contributed by atoms with Gasteiger partial charge < -0.3 is 5.73 Å². The molecule has 1 unspecified atom stereocenters. The van der Waals surface area contributed by atoms with Crippen molar-refractivity contribution in [3.05, 3.63) is 33.3 Å². The van der Waals surface area contributed by atoms with Gasteiger partial charge in [0, 0.05) is 21.0 Å². The van der Waals surface area contributed by atoms with Crippen molar-refractivity contribution in [1.82, 2.24) is 0 Å². The molecule has 1 aromatic rings. The predicted molar refractivity (Wildman–Crippen MR) is 63.7 cm³/mol. The van der Waals surface area contributed by atoms with Crippen molar-refractivity contribution in [3.8, 4) is 0 Å². The fourth-order valence-electron chi connectivity index (χ4n) is 1.98. The maximum absolute atomic E-state index is 6.02. The van der Waals surface area contributed by atoms with E-state index in [2.05, 4.69) is 28.9 Å². The molecule has 0 bridgehead atoms. The van der Waals surface area contributed by atoms with Gasteiger partial charge in [0.05, 0.1) is 0 Å². The molecule has 1 saturated carbocycles. The fraction of sp³-hybridized carbons (Fsp3) is 0.455. The number of halogens is 2. The Hall–Kier alpha value is -0.0500. The summed E-state index contributed by atoms with van der Waals surface area (Å²) < 4.78 is 1.03. The fourth-order valence-corrected chi connectivity index (χ4v) is 2.84. The smallest absolute Gasteiger partial charge is 0.0420 e. The molecule has 76 valence electrons. The van der Waals surface area contributed by atoms with Gasteiger partial charge in [0.2, 0.25) is 0 Å². The minimum atomic E-state index is 0.188. The van der Waals surface area contributed by atoms with E-state index < -0.39 is 0 Å². The van der Waals surface area contributed by atoms with E-state index in [-0.39, 0.29) is 11.5 Å². The Labute approximate surface area is 97.8 Å². The van der Waals surface area contributed by atoms with Crippen molar-refractivity contribution in [2.24, 2.45) is 5.73 Å². The Morgan fingerprint density at radius 3 is 2.50 bits per heavy atom. The molecule has 1 atom stereocenters. The van der Waals surface area contributed by atoms with Gasteiger partial charge in [-0.25, -0.2) is 0 Å². The molecular weight excluding hydrogens is 261 g/mol. The second-order valence-electron chi connectivity index (χ2n) is 4.10. The van der Waals surface area contributed by atoms with Gasteiger partial charge in [0.25, 0.3) is 0 Å². The molecule has 2 rings (SSSR count). The van der Waals surface area contributed by atoms with E-state index in [4.69, 9.17) is 17.3 Å². The lowest BCUT2D eigenvalue weighted by Gasteiger charge is -2.20. The molecule has 1 fully saturated rings. The molecular formula is C11H13BrClN. The molecule has 0 aromatic heterocycles. The van der Waals surface area contributed by atoms with Crippen LogP contribution in [0, 0.1) is 0 Å². The number of hydrogen-bond acceptors (Lipinski definition) is 1. The second kappa shape index (κ2) is 3.51. The maximum Gasteiger partial charge on any atom is 0.0420 e. The lowest BCUT2D eigenvalue weighted by Crippen LogP contribution is -2.31. The molecule has 0 aliphatic heterocycles. The van der Waals surface area contributed by atoms with Crippen LogP contribution in [0.1, 0.15) is 25.3 Å². The molecule has 1 nitrogen and oxygen atoms in total. The second-order valence-corrected chi connectivity index (χ2v) is 5.46. The molecule has 1 aliphatic rings. The van der Waals surface area contributed by atoms with Gasteiger partial charge in [-0.1, -0.05) is 27.5 Å². The summed E-state index contributed by atoms with van der Waals surface area (Å²) in [5, 5.41) is 0.779. The molecule has 0 saturated heterocycles. The summed E-state index contributed by atoms with van der Waals surface area (Å²) in [6.45, 7) is 2.07. The maximum atomic E-state index is 6.02. The Morgan fingerprint density at radius 2 is 2.07 bits per heavy atom. The Balaban J connectivity index is 2.42. The molecule has 0 radical (unpaired) electrons. The van der Waals surface area contributed by atoms with E-state index in [1.807, 2.05) is 12.1 Å². The van der Waals surface area contributed by atoms with Crippen LogP contribution in [-0.2, 0) is 5.41 Å². The largest absolute Gasteiger partial charge is 0.327 e. The molecule has 1 aromatic carbocycles. The highest BCUT2D eigenvalue weighted by atomic mass is 79.9. The van der Waals surface area contributed by atoms with E-state index in [0.29, 0.717) is 0 Å². The Kier molecular flexibility index (Phi) is 2.63. The van der Waals surface area contributed by atoms with Crippen molar-refractivity contribution < 1.29 is 0 Å². The first-order chi connectivity index (χ1) is 6.54. The van der Waals surface area contributed by atoms with Gasteiger partial charge in [-0.05, 0) is 43.5 Å². The monoisotopic (exact) mass is 273 g/mol. The van der Waals surface area contributed by atoms with Crippen LogP contribution < -0.4 is 5.73 Å². The predicted octanol–water partition coefficient (Wildman–Crippen LogP) is 3.48. The van der Waals surface area contributed by atoms with Gasteiger partial charge in [-0.2, -0.15) is 0 Å². The van der Waals surface area contributed by atoms with Gasteiger partial charge in [0.1, 0.15) is 0 Å². The van der Waals surface area contributed by atoms with Gasteiger partial charge in [0.15, 0.2) is 0 Å². The Morgan fingerprint density at radius 1 is 1.43 bits per heavy atom. The van der Waals surface area contributed by atoms with Crippen molar-refractivity contribution in [2.45, 2.75) is 31.2 Å². The lowest BCUT2D eigenvalue weighted by molar-refractivity contribution is 0.556. The van der Waals surface area contributed by atoms with E-state index >= 15 is 0 Å². The zero-order valence-corrected chi connectivity index (χ0v) is 10.4. The first-order valence-corrected chi connectivity index (χ1v) is 5.94. The summed E-state index contributed by atoms with van der Waals surface area (Å²) in [7, 11) is 0. The highest BCUT2D eigenvalue weighted by Gasteiger charge is 2.47. The first-order valence-electron chi connectivity index (χ1n) is 4.77. The quantitative estimate of drug-likeness (QED) is 0.878. The minimum Gasteiger partial charge on any atom is -0.327 e. The zero-order chi connectivity index (χ0) is 10.3. The summed E-state index contributed by atoms with van der Waals surface area (Å²) in [4.78, 5) is 0. The highest BCUT2D eigenvalue weighted by molar-refractivity contribution is 9.10. The molecule has 0 spiro atoms. The van der Waals surface area contributed by atoms with E-state index in [9.17, 15) is 0 Å². The summed E-state index contributed by atoms with van der Waals surface area (Å²) in [6, 6.07) is 6.26. The van der Waals surface area contributed by atoms with E-state index in [0.717, 1.165) is 9.50 Å². The van der Waals surface area contributed by atoms with Crippen LogP contribution in [0.5, 0.6) is 0 Å². The molecule has 0 amide bonds. The third-order valence-electron chi connectivity index (χ3n) is 3.10. The topological polar surface area (TPSA) is 26.0 Å². The standard InChI is InChI=1S/C11H13BrClN/c1-7(14)11(2-3-11)8-4-9(12)6-10(13)5-8/h4-7H,2-3,14H2,1H3.